The summed E-state index contributed by atoms with van der Waals surface area (Å²) in [6, 6.07) is 4.01. The van der Waals surface area contributed by atoms with E-state index in [4.69, 9.17) is 9.47 Å². The van der Waals surface area contributed by atoms with Gasteiger partial charge in [0, 0.05) is 18.7 Å². The fourth-order valence-corrected chi connectivity index (χ4v) is 6.63. The topological polar surface area (TPSA) is 90.0 Å². The van der Waals surface area contributed by atoms with Gasteiger partial charge < -0.3 is 9.47 Å². The molecule has 0 spiro atoms. The van der Waals surface area contributed by atoms with Crippen LogP contribution in [0.3, 0.4) is 0 Å². The van der Waals surface area contributed by atoms with Gasteiger partial charge in [-0.3, -0.25) is 0 Å². The lowest BCUT2D eigenvalue weighted by Crippen LogP contribution is -2.41. The molecule has 134 valence electrons. The molecule has 7 nitrogen and oxygen atoms in total. The summed E-state index contributed by atoms with van der Waals surface area (Å²) in [6.07, 6.45) is 0.951. The highest BCUT2D eigenvalue weighted by Crippen LogP contribution is 2.34. The molecule has 1 aromatic carbocycles. The molecule has 0 amide bonds. The first kappa shape index (κ1) is 17.5. The highest BCUT2D eigenvalue weighted by molar-refractivity contribution is 7.92. The van der Waals surface area contributed by atoms with E-state index in [-0.39, 0.29) is 22.9 Å². The van der Waals surface area contributed by atoms with E-state index in [9.17, 15) is 16.8 Å². The molecule has 24 heavy (non-hydrogen) atoms. The zero-order valence-electron chi connectivity index (χ0n) is 13.5. The molecule has 9 heteroatoms. The number of sulfonamides is 1. The van der Waals surface area contributed by atoms with E-state index in [1.807, 2.05) is 6.92 Å². The van der Waals surface area contributed by atoms with E-state index in [0.717, 1.165) is 0 Å². The monoisotopic (exact) mass is 375 g/mol. The van der Waals surface area contributed by atoms with Gasteiger partial charge in [-0.1, -0.05) is 6.92 Å². The van der Waals surface area contributed by atoms with Crippen LogP contribution in [0.15, 0.2) is 23.1 Å². The summed E-state index contributed by atoms with van der Waals surface area (Å²) in [5.74, 6) is 0.842. The summed E-state index contributed by atoms with van der Waals surface area (Å²) in [7, 11) is -6.96. The molecule has 1 fully saturated rings. The number of ether oxygens (including phenoxy) is 2. The number of rotatable bonds is 5. The van der Waals surface area contributed by atoms with Crippen molar-refractivity contribution < 1.29 is 26.3 Å². The van der Waals surface area contributed by atoms with E-state index in [2.05, 4.69) is 0 Å². The molecule has 1 atom stereocenters. The molecule has 0 radical (unpaired) electrons. The lowest BCUT2D eigenvalue weighted by molar-refractivity contribution is 0.171. The maximum Gasteiger partial charge on any atom is 0.243 e. The fourth-order valence-electron chi connectivity index (χ4n) is 3.04. The Bertz CT molecular complexity index is 818. The maximum absolute atomic E-state index is 13.0. The SMILES string of the molecule is CCCN([C@@H]1CCS(=O)(=O)C1)S(=O)(=O)c1ccc2c(c1)OCCO2. The van der Waals surface area contributed by atoms with Gasteiger partial charge >= 0.3 is 0 Å². The van der Waals surface area contributed by atoms with Gasteiger partial charge in [-0.2, -0.15) is 4.31 Å². The summed E-state index contributed by atoms with van der Waals surface area (Å²) in [6.45, 7) is 2.96. The first-order chi connectivity index (χ1) is 11.3. The predicted molar refractivity (Wildman–Crippen MR) is 88.7 cm³/mol. The molecule has 2 heterocycles. The molecule has 1 saturated heterocycles. The molecule has 1 aromatic rings. The van der Waals surface area contributed by atoms with Crippen LogP contribution in [0.2, 0.25) is 0 Å². The molecule has 0 N–H and O–H groups in total. The first-order valence-electron chi connectivity index (χ1n) is 7.95. The van der Waals surface area contributed by atoms with E-state index in [1.54, 1.807) is 6.07 Å². The highest BCUT2D eigenvalue weighted by atomic mass is 32.2. The standard InChI is InChI=1S/C15H21NO6S2/c1-2-6-16(12-5-9-23(17,18)11-12)24(19,20)13-3-4-14-15(10-13)22-8-7-21-14/h3-4,10,12H,2,5-9,11H2,1H3/t12-/m1/s1. The van der Waals surface area contributed by atoms with Crippen LogP contribution in [0.1, 0.15) is 19.8 Å². The Morgan fingerprint density at radius 1 is 1.21 bits per heavy atom. The molecule has 0 aliphatic carbocycles. The van der Waals surface area contributed by atoms with Crippen molar-refractivity contribution in [3.63, 3.8) is 0 Å². The van der Waals surface area contributed by atoms with E-state index < -0.39 is 25.9 Å². The van der Waals surface area contributed by atoms with Crippen LogP contribution < -0.4 is 9.47 Å². The summed E-state index contributed by atoms with van der Waals surface area (Å²) in [5, 5.41) is 0. The Morgan fingerprint density at radius 3 is 2.54 bits per heavy atom. The lowest BCUT2D eigenvalue weighted by Gasteiger charge is -2.27. The first-order valence-corrected chi connectivity index (χ1v) is 11.2. The van der Waals surface area contributed by atoms with Crippen molar-refractivity contribution in [1.82, 2.24) is 4.31 Å². The average Bonchev–Trinajstić information content (AvgIpc) is 2.91. The molecule has 2 aliphatic heterocycles. The van der Waals surface area contributed by atoms with Crippen molar-refractivity contribution >= 4 is 19.9 Å². The maximum atomic E-state index is 13.0. The van der Waals surface area contributed by atoms with E-state index in [0.29, 0.717) is 37.6 Å². The zero-order chi connectivity index (χ0) is 17.4. The van der Waals surface area contributed by atoms with E-state index >= 15 is 0 Å². The van der Waals surface area contributed by atoms with Gasteiger partial charge in [-0.05, 0) is 25.0 Å². The molecule has 2 aliphatic rings. The second-order valence-corrected chi connectivity index (χ2v) is 10.1. The summed E-state index contributed by atoms with van der Waals surface area (Å²) in [5.41, 5.74) is 0. The minimum Gasteiger partial charge on any atom is -0.486 e. The number of hydrogen-bond donors (Lipinski definition) is 0. The minimum absolute atomic E-state index is 0.0362. The van der Waals surface area contributed by atoms with Crippen LogP contribution in [0.4, 0.5) is 0 Å². The molecule has 0 saturated carbocycles. The second-order valence-electron chi connectivity index (χ2n) is 5.98. The van der Waals surface area contributed by atoms with Crippen LogP contribution in [-0.4, -0.2) is 58.4 Å². The summed E-state index contributed by atoms with van der Waals surface area (Å²) in [4.78, 5) is 0.101. The van der Waals surface area contributed by atoms with Gasteiger partial charge in [0.15, 0.2) is 21.3 Å². The van der Waals surface area contributed by atoms with Gasteiger partial charge in [0.05, 0.1) is 16.4 Å². The highest BCUT2D eigenvalue weighted by Gasteiger charge is 2.38. The largest absolute Gasteiger partial charge is 0.486 e. The number of benzene rings is 1. The Kier molecular flexibility index (Phi) is 4.76. The molecular formula is C15H21NO6S2. The fraction of sp³-hybridized carbons (Fsp3) is 0.600. The van der Waals surface area contributed by atoms with Crippen LogP contribution >= 0.6 is 0 Å². The predicted octanol–water partition coefficient (Wildman–Crippen LogP) is 1.05. The summed E-state index contributed by atoms with van der Waals surface area (Å²) < 4.78 is 61.8. The molecule has 3 rings (SSSR count). The number of hydrogen-bond acceptors (Lipinski definition) is 6. The Morgan fingerprint density at radius 2 is 1.92 bits per heavy atom. The van der Waals surface area contributed by atoms with Crippen molar-refractivity contribution in [2.45, 2.75) is 30.7 Å². The normalized spacial score (nSPS) is 22.7. The quantitative estimate of drug-likeness (QED) is 0.764. The van der Waals surface area contributed by atoms with Crippen molar-refractivity contribution in [3.05, 3.63) is 18.2 Å². The third kappa shape index (κ3) is 3.38. The number of sulfone groups is 1. The van der Waals surface area contributed by atoms with Gasteiger partial charge in [0.1, 0.15) is 13.2 Å². The van der Waals surface area contributed by atoms with Gasteiger partial charge in [0.25, 0.3) is 0 Å². The second kappa shape index (κ2) is 6.53. The third-order valence-electron chi connectivity index (χ3n) is 4.18. The summed E-state index contributed by atoms with van der Waals surface area (Å²) >= 11 is 0. The van der Waals surface area contributed by atoms with Crippen LogP contribution in [0.25, 0.3) is 0 Å². The molecule has 0 aromatic heterocycles. The van der Waals surface area contributed by atoms with Gasteiger partial charge in [-0.15, -0.1) is 0 Å². The molecular weight excluding hydrogens is 354 g/mol. The number of fused-ring (bicyclic) bond motifs is 1. The van der Waals surface area contributed by atoms with Crippen LogP contribution in [0.5, 0.6) is 11.5 Å². The smallest absolute Gasteiger partial charge is 0.243 e. The average molecular weight is 375 g/mol. The van der Waals surface area contributed by atoms with E-state index in [1.165, 1.54) is 16.4 Å². The van der Waals surface area contributed by atoms with Crippen molar-refractivity contribution in [2.24, 2.45) is 0 Å². The van der Waals surface area contributed by atoms with Gasteiger partial charge in [-0.25, -0.2) is 16.8 Å². The Balaban J connectivity index is 1.94. The van der Waals surface area contributed by atoms with Crippen molar-refractivity contribution in [3.8, 4) is 11.5 Å². The number of nitrogens with zero attached hydrogens (tertiary/aromatic N) is 1. The zero-order valence-corrected chi connectivity index (χ0v) is 15.1. The van der Waals surface area contributed by atoms with Crippen LogP contribution in [0, 0.1) is 0 Å². The third-order valence-corrected chi connectivity index (χ3v) is 7.88. The van der Waals surface area contributed by atoms with Crippen LogP contribution in [-0.2, 0) is 19.9 Å². The minimum atomic E-state index is -3.80. The van der Waals surface area contributed by atoms with Crippen molar-refractivity contribution in [2.75, 3.05) is 31.3 Å². The molecule has 0 unspecified atom stereocenters. The Hall–Kier alpha value is -1.32. The molecule has 0 bridgehead atoms. The lowest BCUT2D eigenvalue weighted by atomic mass is 10.2. The van der Waals surface area contributed by atoms with Crippen molar-refractivity contribution in [1.29, 1.82) is 0 Å². The Labute approximate surface area is 142 Å². The van der Waals surface area contributed by atoms with Gasteiger partial charge in [0.2, 0.25) is 10.0 Å².